The van der Waals surface area contributed by atoms with E-state index in [-0.39, 0.29) is 29.1 Å². The van der Waals surface area contributed by atoms with Gasteiger partial charge in [-0.1, -0.05) is 0 Å². The summed E-state index contributed by atoms with van der Waals surface area (Å²) in [7, 11) is 1.68. The molecule has 0 aliphatic carbocycles. The number of nitrogens with two attached hydrogens (primary N) is 1. The van der Waals surface area contributed by atoms with Gasteiger partial charge in [-0.05, 0) is 13.3 Å². The van der Waals surface area contributed by atoms with Crippen LogP contribution >= 0.6 is 0 Å². The molecule has 0 aromatic carbocycles. The van der Waals surface area contributed by atoms with Crippen LogP contribution in [0.4, 0.5) is 17.5 Å². The summed E-state index contributed by atoms with van der Waals surface area (Å²) >= 11 is 0. The maximum Gasteiger partial charge on any atom is 0.332 e. The summed E-state index contributed by atoms with van der Waals surface area (Å²) in [5.74, 6) is -0.197. The minimum Gasteiger partial charge on any atom is -0.368 e. The summed E-state index contributed by atoms with van der Waals surface area (Å²) in [6.07, 6.45) is 0.565. The maximum absolute atomic E-state index is 11.8. The number of hydrogen-bond donors (Lipinski definition) is 2. The zero-order valence-corrected chi connectivity index (χ0v) is 10.6. The fraction of sp³-hybridized carbons (Fsp3) is 0.500. The minimum absolute atomic E-state index is 0.0105. The molecule has 2 rings (SSSR count). The molecule has 1 aliphatic rings. The van der Waals surface area contributed by atoms with Gasteiger partial charge in [0.15, 0.2) is 0 Å². The highest BCUT2D eigenvalue weighted by Gasteiger charge is 2.32. The highest BCUT2D eigenvalue weighted by Crippen LogP contribution is 2.27. The van der Waals surface area contributed by atoms with Crippen molar-refractivity contribution in [1.82, 2.24) is 14.9 Å². The number of nitrogen functional groups attached to an aromatic ring is 1. The number of aromatic nitrogens is 2. The number of anilines is 2. The van der Waals surface area contributed by atoms with Crippen molar-refractivity contribution in [2.24, 2.45) is 0 Å². The van der Waals surface area contributed by atoms with Crippen LogP contribution in [0.15, 0.2) is 0 Å². The average molecular weight is 266 g/mol. The number of nitrogens with zero attached hydrogens (tertiary/aromatic N) is 4. The highest BCUT2D eigenvalue weighted by molar-refractivity contribution is 5.87. The third-order valence-corrected chi connectivity index (χ3v) is 3.00. The van der Waals surface area contributed by atoms with Crippen LogP contribution in [0.25, 0.3) is 0 Å². The fourth-order valence-corrected chi connectivity index (χ4v) is 2.03. The summed E-state index contributed by atoms with van der Waals surface area (Å²) in [6.45, 7) is 2.08. The van der Waals surface area contributed by atoms with Crippen molar-refractivity contribution < 1.29 is 9.72 Å². The molecule has 1 amide bonds. The second-order valence-electron chi connectivity index (χ2n) is 4.37. The molecule has 1 fully saturated rings. The van der Waals surface area contributed by atoms with E-state index in [0.717, 1.165) is 0 Å². The Morgan fingerprint density at radius 2 is 2.21 bits per heavy atom. The molecule has 19 heavy (non-hydrogen) atoms. The van der Waals surface area contributed by atoms with Crippen LogP contribution in [0, 0.1) is 17.0 Å². The molecule has 0 radical (unpaired) electrons. The zero-order chi connectivity index (χ0) is 14.2. The molecular weight excluding hydrogens is 252 g/mol. The zero-order valence-electron chi connectivity index (χ0n) is 10.6. The first kappa shape index (κ1) is 13.0. The van der Waals surface area contributed by atoms with E-state index < -0.39 is 11.0 Å². The van der Waals surface area contributed by atoms with Gasteiger partial charge in [-0.3, -0.25) is 14.9 Å². The molecule has 2 heterocycles. The van der Waals surface area contributed by atoms with Crippen molar-refractivity contribution in [2.45, 2.75) is 19.4 Å². The van der Waals surface area contributed by atoms with Gasteiger partial charge in [-0.15, -0.1) is 0 Å². The summed E-state index contributed by atoms with van der Waals surface area (Å²) in [4.78, 5) is 31.4. The quantitative estimate of drug-likeness (QED) is 0.578. The number of nitro groups is 1. The second-order valence-corrected chi connectivity index (χ2v) is 4.37. The molecule has 1 unspecified atom stereocenters. The normalized spacial score (nSPS) is 18.7. The van der Waals surface area contributed by atoms with E-state index >= 15 is 0 Å². The molecule has 0 bridgehead atoms. The molecule has 1 atom stereocenters. The number of amides is 1. The molecular formula is C10H14N6O3. The summed E-state index contributed by atoms with van der Waals surface area (Å²) in [5.41, 5.74) is 5.40. The average Bonchev–Trinajstić information content (AvgIpc) is 2.59. The SMILES string of the molecule is Cc1nc(N)nc(NC2CCN(C)C2=O)c1[N+](=O)[O-]. The predicted octanol–water partition coefficient (Wildman–Crippen LogP) is -0.0820. The van der Waals surface area contributed by atoms with Crippen LogP contribution in [-0.4, -0.2) is 45.3 Å². The first-order valence-electron chi connectivity index (χ1n) is 5.70. The van der Waals surface area contributed by atoms with Crippen molar-refractivity contribution in [1.29, 1.82) is 0 Å². The first-order chi connectivity index (χ1) is 8.90. The number of rotatable bonds is 3. The van der Waals surface area contributed by atoms with Crippen molar-refractivity contribution >= 4 is 23.4 Å². The molecule has 1 aromatic heterocycles. The number of hydrogen-bond acceptors (Lipinski definition) is 7. The Labute approximate surface area is 109 Å². The molecule has 9 heteroatoms. The highest BCUT2D eigenvalue weighted by atomic mass is 16.6. The summed E-state index contributed by atoms with van der Waals surface area (Å²) < 4.78 is 0. The van der Waals surface area contributed by atoms with Gasteiger partial charge < -0.3 is 16.0 Å². The van der Waals surface area contributed by atoms with Crippen LogP contribution < -0.4 is 11.1 Å². The maximum atomic E-state index is 11.8. The standard InChI is InChI=1S/C10H14N6O3/c1-5-7(16(18)19)8(14-10(11)12-5)13-6-3-4-15(2)9(6)17/h6H,3-4H2,1-2H3,(H3,11,12,13,14). The van der Waals surface area contributed by atoms with Gasteiger partial charge in [0, 0.05) is 13.6 Å². The van der Waals surface area contributed by atoms with Crippen LogP contribution in [-0.2, 0) is 4.79 Å². The molecule has 0 saturated carbocycles. The number of likely N-dealkylation sites (N-methyl/N-ethyl adjacent to an activating group) is 1. The Kier molecular flexibility index (Phi) is 3.19. The van der Waals surface area contributed by atoms with E-state index in [1.165, 1.54) is 6.92 Å². The third kappa shape index (κ3) is 2.39. The Bertz CT molecular complexity index is 546. The van der Waals surface area contributed by atoms with Crippen molar-refractivity contribution in [3.05, 3.63) is 15.8 Å². The minimum atomic E-state index is -0.583. The van der Waals surface area contributed by atoms with Gasteiger partial charge in [-0.25, -0.2) is 4.98 Å². The predicted molar refractivity (Wildman–Crippen MR) is 67.5 cm³/mol. The first-order valence-corrected chi connectivity index (χ1v) is 5.70. The molecule has 0 spiro atoms. The van der Waals surface area contributed by atoms with Crippen LogP contribution in [0.5, 0.6) is 0 Å². The van der Waals surface area contributed by atoms with E-state index in [9.17, 15) is 14.9 Å². The molecule has 102 valence electrons. The van der Waals surface area contributed by atoms with Crippen molar-refractivity contribution in [3.63, 3.8) is 0 Å². The monoisotopic (exact) mass is 266 g/mol. The Hall–Kier alpha value is -2.45. The lowest BCUT2D eigenvalue weighted by atomic mass is 10.2. The number of aryl methyl sites for hydroxylation is 1. The van der Waals surface area contributed by atoms with E-state index in [1.54, 1.807) is 11.9 Å². The topological polar surface area (TPSA) is 127 Å². The lowest BCUT2D eigenvalue weighted by molar-refractivity contribution is -0.385. The third-order valence-electron chi connectivity index (χ3n) is 3.00. The van der Waals surface area contributed by atoms with Crippen molar-refractivity contribution in [3.8, 4) is 0 Å². The largest absolute Gasteiger partial charge is 0.368 e. The van der Waals surface area contributed by atoms with E-state index in [0.29, 0.717) is 13.0 Å². The van der Waals surface area contributed by atoms with E-state index in [2.05, 4.69) is 15.3 Å². The van der Waals surface area contributed by atoms with E-state index in [4.69, 9.17) is 5.73 Å². The van der Waals surface area contributed by atoms with Gasteiger partial charge in [0.1, 0.15) is 11.7 Å². The molecule has 3 N–H and O–H groups in total. The van der Waals surface area contributed by atoms with E-state index in [1.807, 2.05) is 0 Å². The molecule has 1 saturated heterocycles. The Balaban J connectivity index is 2.34. The Morgan fingerprint density at radius 1 is 1.53 bits per heavy atom. The number of carbonyl (C=O) groups excluding carboxylic acids is 1. The van der Waals surface area contributed by atoms with Crippen molar-refractivity contribution in [2.75, 3.05) is 24.6 Å². The molecule has 1 aliphatic heterocycles. The van der Waals surface area contributed by atoms with Gasteiger partial charge >= 0.3 is 5.69 Å². The summed E-state index contributed by atoms with van der Waals surface area (Å²) in [5, 5.41) is 13.8. The van der Waals surface area contributed by atoms with Crippen LogP contribution in [0.2, 0.25) is 0 Å². The lowest BCUT2D eigenvalue weighted by Crippen LogP contribution is -2.31. The van der Waals surface area contributed by atoms with Gasteiger partial charge in [0.25, 0.3) is 0 Å². The Morgan fingerprint density at radius 3 is 2.74 bits per heavy atom. The van der Waals surface area contributed by atoms with Gasteiger partial charge in [0.05, 0.1) is 4.92 Å². The summed E-state index contributed by atoms with van der Waals surface area (Å²) in [6, 6.07) is -0.516. The van der Waals surface area contributed by atoms with Gasteiger partial charge in [-0.2, -0.15) is 4.98 Å². The fourth-order valence-electron chi connectivity index (χ4n) is 2.03. The number of carbonyl (C=O) groups is 1. The molecule has 1 aromatic rings. The molecule has 9 nitrogen and oxygen atoms in total. The number of likely N-dealkylation sites (tertiary alicyclic amines) is 1. The number of nitrogens with one attached hydrogen (secondary N) is 1. The van der Waals surface area contributed by atoms with Crippen LogP contribution in [0.3, 0.4) is 0 Å². The second kappa shape index (κ2) is 4.67. The van der Waals surface area contributed by atoms with Gasteiger partial charge in [0.2, 0.25) is 17.7 Å². The smallest absolute Gasteiger partial charge is 0.332 e. The van der Waals surface area contributed by atoms with Crippen LogP contribution in [0.1, 0.15) is 12.1 Å². The lowest BCUT2D eigenvalue weighted by Gasteiger charge is -2.13.